The standard InChI is InChI=1S/C22H29N3O5/c1-15-10-16(2)13-24(12-15)20(27)14-30-21(28)11-23-22(29)17-5-7-18(8-6-17)25-9-3-4-19(25)26/h5-8,15-16H,3-4,9-14H2,1-2H3,(H,23,29)/t15-,16-/m0/s1. The smallest absolute Gasteiger partial charge is 0.325 e. The molecule has 2 heterocycles. The van der Waals surface area contributed by atoms with Crippen LogP contribution in [0.2, 0.25) is 0 Å². The van der Waals surface area contributed by atoms with E-state index in [0.717, 1.165) is 18.5 Å². The first-order valence-electron chi connectivity index (χ1n) is 10.5. The number of ether oxygens (including phenoxy) is 1. The van der Waals surface area contributed by atoms with Crippen LogP contribution in [-0.4, -0.2) is 61.4 Å². The minimum absolute atomic E-state index is 0.0814. The number of carbonyl (C=O) groups is 4. The first-order chi connectivity index (χ1) is 14.3. The summed E-state index contributed by atoms with van der Waals surface area (Å²) in [5.74, 6) is -0.339. The number of nitrogens with zero attached hydrogens (tertiary/aromatic N) is 2. The summed E-state index contributed by atoms with van der Waals surface area (Å²) in [7, 11) is 0. The highest BCUT2D eigenvalue weighted by Gasteiger charge is 2.26. The fourth-order valence-electron chi connectivity index (χ4n) is 4.12. The maximum absolute atomic E-state index is 12.3. The van der Waals surface area contributed by atoms with E-state index in [0.29, 0.717) is 43.5 Å². The third-order valence-corrected chi connectivity index (χ3v) is 5.49. The normalized spacial score (nSPS) is 21.5. The summed E-state index contributed by atoms with van der Waals surface area (Å²) in [6, 6.07) is 6.67. The van der Waals surface area contributed by atoms with Crippen molar-refractivity contribution in [2.75, 3.05) is 37.7 Å². The van der Waals surface area contributed by atoms with Gasteiger partial charge in [0.1, 0.15) is 6.54 Å². The number of carbonyl (C=O) groups excluding carboxylic acids is 4. The van der Waals surface area contributed by atoms with Gasteiger partial charge in [-0.2, -0.15) is 0 Å². The van der Waals surface area contributed by atoms with Gasteiger partial charge in [-0.05, 0) is 48.9 Å². The van der Waals surface area contributed by atoms with Crippen LogP contribution in [0.4, 0.5) is 5.69 Å². The van der Waals surface area contributed by atoms with Crippen molar-refractivity contribution in [2.45, 2.75) is 33.1 Å². The number of amides is 3. The Morgan fingerprint density at radius 1 is 1.10 bits per heavy atom. The zero-order valence-corrected chi connectivity index (χ0v) is 17.6. The molecule has 162 valence electrons. The van der Waals surface area contributed by atoms with Crippen molar-refractivity contribution in [3.05, 3.63) is 29.8 Å². The molecule has 2 atom stereocenters. The van der Waals surface area contributed by atoms with Gasteiger partial charge in [-0.1, -0.05) is 13.8 Å². The van der Waals surface area contributed by atoms with E-state index < -0.39 is 11.9 Å². The lowest BCUT2D eigenvalue weighted by Gasteiger charge is -2.34. The lowest BCUT2D eigenvalue weighted by molar-refractivity contribution is -0.152. The Hall–Kier alpha value is -2.90. The maximum Gasteiger partial charge on any atom is 0.325 e. The molecule has 8 heteroatoms. The second-order valence-electron chi connectivity index (χ2n) is 8.28. The largest absolute Gasteiger partial charge is 0.454 e. The van der Waals surface area contributed by atoms with Gasteiger partial charge < -0.3 is 19.9 Å². The molecule has 0 radical (unpaired) electrons. The molecular weight excluding hydrogens is 386 g/mol. The van der Waals surface area contributed by atoms with E-state index in [1.54, 1.807) is 34.1 Å². The molecule has 0 saturated carbocycles. The molecule has 0 spiro atoms. The van der Waals surface area contributed by atoms with Gasteiger partial charge in [0.25, 0.3) is 11.8 Å². The topological polar surface area (TPSA) is 96.0 Å². The van der Waals surface area contributed by atoms with Crippen molar-refractivity contribution in [2.24, 2.45) is 11.8 Å². The van der Waals surface area contributed by atoms with Gasteiger partial charge in [0.05, 0.1) is 0 Å². The molecule has 0 aliphatic carbocycles. The van der Waals surface area contributed by atoms with Gasteiger partial charge in [-0.15, -0.1) is 0 Å². The molecule has 3 rings (SSSR count). The average molecular weight is 415 g/mol. The van der Waals surface area contributed by atoms with Crippen molar-refractivity contribution in [1.29, 1.82) is 0 Å². The van der Waals surface area contributed by atoms with E-state index in [2.05, 4.69) is 19.2 Å². The number of piperidine rings is 1. The second kappa shape index (κ2) is 9.73. The van der Waals surface area contributed by atoms with Gasteiger partial charge in [0, 0.05) is 37.3 Å². The van der Waals surface area contributed by atoms with Crippen LogP contribution in [0.5, 0.6) is 0 Å². The van der Waals surface area contributed by atoms with E-state index in [4.69, 9.17) is 4.74 Å². The molecule has 2 saturated heterocycles. The highest BCUT2D eigenvalue weighted by molar-refractivity contribution is 5.98. The minimum Gasteiger partial charge on any atom is -0.454 e. The Balaban J connectivity index is 1.41. The SMILES string of the molecule is C[C@H]1C[C@H](C)CN(C(=O)COC(=O)CNC(=O)c2ccc(N3CCCC3=O)cc2)C1. The molecule has 2 aliphatic rings. The third-order valence-electron chi connectivity index (χ3n) is 5.49. The predicted octanol–water partition coefficient (Wildman–Crippen LogP) is 1.59. The van der Waals surface area contributed by atoms with Crippen molar-refractivity contribution < 1.29 is 23.9 Å². The highest BCUT2D eigenvalue weighted by atomic mass is 16.5. The number of nitrogens with one attached hydrogen (secondary N) is 1. The molecule has 2 fully saturated rings. The van der Waals surface area contributed by atoms with E-state index in [9.17, 15) is 19.2 Å². The first-order valence-corrected chi connectivity index (χ1v) is 10.5. The Morgan fingerprint density at radius 3 is 2.37 bits per heavy atom. The lowest BCUT2D eigenvalue weighted by Crippen LogP contribution is -2.44. The van der Waals surface area contributed by atoms with Gasteiger partial charge in [0.15, 0.2) is 6.61 Å². The average Bonchev–Trinajstić information content (AvgIpc) is 3.15. The van der Waals surface area contributed by atoms with Crippen LogP contribution in [0, 0.1) is 11.8 Å². The van der Waals surface area contributed by atoms with Crippen molar-refractivity contribution in [3.8, 4) is 0 Å². The van der Waals surface area contributed by atoms with Crippen molar-refractivity contribution >= 4 is 29.4 Å². The Bertz CT molecular complexity index is 797. The van der Waals surface area contributed by atoms with Crippen LogP contribution >= 0.6 is 0 Å². The molecule has 3 amide bonds. The van der Waals surface area contributed by atoms with Gasteiger partial charge in [-0.3, -0.25) is 19.2 Å². The fourth-order valence-corrected chi connectivity index (χ4v) is 4.12. The molecule has 0 bridgehead atoms. The summed E-state index contributed by atoms with van der Waals surface area (Å²) in [6.07, 6.45) is 2.47. The van der Waals surface area contributed by atoms with Gasteiger partial charge in [-0.25, -0.2) is 0 Å². The number of rotatable bonds is 6. The monoisotopic (exact) mass is 415 g/mol. The van der Waals surface area contributed by atoms with Crippen molar-refractivity contribution in [3.63, 3.8) is 0 Å². The number of benzene rings is 1. The molecule has 8 nitrogen and oxygen atoms in total. The number of hydrogen-bond donors (Lipinski definition) is 1. The molecule has 2 aliphatic heterocycles. The maximum atomic E-state index is 12.3. The number of esters is 1. The summed E-state index contributed by atoms with van der Waals surface area (Å²) in [4.78, 5) is 51.6. The van der Waals surface area contributed by atoms with E-state index in [-0.39, 0.29) is 25.0 Å². The van der Waals surface area contributed by atoms with Crippen LogP contribution in [-0.2, 0) is 19.1 Å². The van der Waals surface area contributed by atoms with Crippen LogP contribution in [0.1, 0.15) is 43.5 Å². The summed E-state index contributed by atoms with van der Waals surface area (Å²) in [6.45, 7) is 5.62. The van der Waals surface area contributed by atoms with E-state index in [1.807, 2.05) is 0 Å². The molecule has 1 N–H and O–H groups in total. The van der Waals surface area contributed by atoms with Crippen LogP contribution in [0.15, 0.2) is 24.3 Å². The minimum atomic E-state index is -0.658. The molecule has 1 aromatic carbocycles. The highest BCUT2D eigenvalue weighted by Crippen LogP contribution is 2.22. The molecule has 1 aromatic rings. The Morgan fingerprint density at radius 2 is 1.77 bits per heavy atom. The number of likely N-dealkylation sites (tertiary alicyclic amines) is 1. The Kier molecular flexibility index (Phi) is 7.07. The molecule has 0 unspecified atom stereocenters. The summed E-state index contributed by atoms with van der Waals surface area (Å²) >= 11 is 0. The van der Waals surface area contributed by atoms with Crippen molar-refractivity contribution in [1.82, 2.24) is 10.2 Å². The third kappa shape index (κ3) is 5.58. The first kappa shape index (κ1) is 21.8. The Labute approximate surface area is 176 Å². The molecule has 30 heavy (non-hydrogen) atoms. The van der Waals surface area contributed by atoms with Crippen LogP contribution < -0.4 is 10.2 Å². The van der Waals surface area contributed by atoms with E-state index >= 15 is 0 Å². The summed E-state index contributed by atoms with van der Waals surface area (Å²) < 4.78 is 5.02. The van der Waals surface area contributed by atoms with Crippen LogP contribution in [0.3, 0.4) is 0 Å². The lowest BCUT2D eigenvalue weighted by atomic mass is 9.92. The quantitative estimate of drug-likeness (QED) is 0.712. The van der Waals surface area contributed by atoms with Gasteiger partial charge in [0.2, 0.25) is 5.91 Å². The fraction of sp³-hybridized carbons (Fsp3) is 0.545. The number of hydrogen-bond acceptors (Lipinski definition) is 5. The summed E-state index contributed by atoms with van der Waals surface area (Å²) in [5.41, 5.74) is 1.14. The zero-order valence-electron chi connectivity index (χ0n) is 17.6. The summed E-state index contributed by atoms with van der Waals surface area (Å²) in [5, 5.41) is 2.49. The predicted molar refractivity (Wildman–Crippen MR) is 111 cm³/mol. The number of anilines is 1. The molecule has 0 aromatic heterocycles. The van der Waals surface area contributed by atoms with Crippen LogP contribution in [0.25, 0.3) is 0 Å². The molecular formula is C22H29N3O5. The van der Waals surface area contributed by atoms with Gasteiger partial charge >= 0.3 is 5.97 Å². The second-order valence-corrected chi connectivity index (χ2v) is 8.28. The van der Waals surface area contributed by atoms with E-state index in [1.165, 1.54) is 0 Å². The zero-order chi connectivity index (χ0) is 21.7.